The van der Waals surface area contributed by atoms with Gasteiger partial charge < -0.3 is 9.79 Å². The van der Waals surface area contributed by atoms with Crippen molar-refractivity contribution in [1.82, 2.24) is 0 Å². The Balaban J connectivity index is 3.06. The zero-order valence-corrected chi connectivity index (χ0v) is 10.0. The molecule has 0 aliphatic rings. The summed E-state index contributed by atoms with van der Waals surface area (Å²) in [7, 11) is -4.64. The van der Waals surface area contributed by atoms with E-state index in [1.54, 1.807) is 19.1 Å². The number of rotatable bonds is 4. The molecule has 0 aliphatic heterocycles. The van der Waals surface area contributed by atoms with Crippen LogP contribution in [-0.2, 0) is 20.1 Å². The summed E-state index contributed by atoms with van der Waals surface area (Å²) in [4.78, 5) is 18.0. The molecule has 6 nitrogen and oxygen atoms in total. The highest BCUT2D eigenvalue weighted by Gasteiger charge is 2.33. The molecule has 16 heavy (non-hydrogen) atoms. The Hall–Kier alpha value is -0.560. The minimum atomic E-state index is -4.64. The first-order valence-corrected chi connectivity index (χ1v) is 6.92. The van der Waals surface area contributed by atoms with Crippen LogP contribution >= 0.6 is 7.60 Å². The lowest BCUT2D eigenvalue weighted by Crippen LogP contribution is -2.07. The normalized spacial score (nSPS) is 15.8. The van der Waals surface area contributed by atoms with Crippen molar-refractivity contribution < 1.29 is 27.3 Å². The van der Waals surface area contributed by atoms with Crippen molar-refractivity contribution in [2.45, 2.75) is 12.8 Å². The average molecular weight is 266 g/mol. The van der Waals surface area contributed by atoms with E-state index >= 15 is 0 Å². The van der Waals surface area contributed by atoms with Crippen LogP contribution < -0.4 is 0 Å². The van der Waals surface area contributed by atoms with Gasteiger partial charge in [0.15, 0.2) is 0 Å². The summed E-state index contributed by atoms with van der Waals surface area (Å²) >= 11 is -2.74. The summed E-state index contributed by atoms with van der Waals surface area (Å²) in [6.45, 7) is 1.81. The maximum atomic E-state index is 11.1. The highest BCUT2D eigenvalue weighted by atomic mass is 32.2. The molecule has 1 aromatic carbocycles. The lowest BCUT2D eigenvalue weighted by molar-refractivity contribution is 0.226. The van der Waals surface area contributed by atoms with Gasteiger partial charge in [-0.3, -0.25) is 9.12 Å². The lowest BCUT2D eigenvalue weighted by Gasteiger charge is -2.16. The Morgan fingerprint density at radius 2 is 1.81 bits per heavy atom. The maximum Gasteiger partial charge on any atom is 0.360 e. The van der Waals surface area contributed by atoms with E-state index in [9.17, 15) is 8.77 Å². The second kappa shape index (κ2) is 5.18. The molecule has 2 unspecified atom stereocenters. The van der Waals surface area contributed by atoms with Crippen molar-refractivity contribution in [3.63, 3.8) is 0 Å². The maximum absolute atomic E-state index is 11.1. The van der Waals surface area contributed by atoms with Crippen LogP contribution in [0.25, 0.3) is 0 Å². The van der Waals surface area contributed by atoms with Crippen molar-refractivity contribution in [1.29, 1.82) is 0 Å². The summed E-state index contributed by atoms with van der Waals surface area (Å²) < 4.78 is 34.3. The molecule has 0 heterocycles. The van der Waals surface area contributed by atoms with Gasteiger partial charge in [-0.2, -0.15) is 4.21 Å². The lowest BCUT2D eigenvalue weighted by atomic mass is 10.2. The molecule has 2 atom stereocenters. The predicted molar refractivity (Wildman–Crippen MR) is 57.8 cm³/mol. The highest BCUT2D eigenvalue weighted by molar-refractivity contribution is 7.74. The van der Waals surface area contributed by atoms with E-state index in [0.717, 1.165) is 5.56 Å². The van der Waals surface area contributed by atoms with Gasteiger partial charge in [-0.1, -0.05) is 29.8 Å². The van der Waals surface area contributed by atoms with Gasteiger partial charge in [0.2, 0.25) is 5.85 Å². The van der Waals surface area contributed by atoms with Gasteiger partial charge in [0.05, 0.1) is 0 Å². The molecule has 0 amide bonds. The fraction of sp³-hybridized carbons (Fsp3) is 0.250. The molecule has 0 aromatic heterocycles. The molecule has 0 bridgehead atoms. The number of aryl methyl sites for hydroxylation is 1. The Bertz CT molecular complexity index is 425. The minimum Gasteiger partial charge on any atom is -0.322 e. The van der Waals surface area contributed by atoms with Crippen LogP contribution in [-0.4, -0.2) is 18.5 Å². The van der Waals surface area contributed by atoms with Crippen LogP contribution in [0.4, 0.5) is 0 Å². The van der Waals surface area contributed by atoms with Gasteiger partial charge in [0, 0.05) is 0 Å². The van der Waals surface area contributed by atoms with E-state index in [4.69, 9.17) is 14.3 Å². The van der Waals surface area contributed by atoms with E-state index in [0.29, 0.717) is 0 Å². The van der Waals surface area contributed by atoms with Gasteiger partial charge >= 0.3 is 19.0 Å². The largest absolute Gasteiger partial charge is 0.360 e. The van der Waals surface area contributed by atoms with E-state index in [-0.39, 0.29) is 5.56 Å². The van der Waals surface area contributed by atoms with Crippen molar-refractivity contribution in [3.8, 4) is 0 Å². The topological polar surface area (TPSA) is 104 Å². The van der Waals surface area contributed by atoms with E-state index in [1.165, 1.54) is 12.1 Å². The molecule has 3 N–H and O–H groups in total. The molecule has 1 aromatic rings. The fourth-order valence-corrected chi connectivity index (χ4v) is 2.61. The molecule has 1 rings (SSSR count). The van der Waals surface area contributed by atoms with Gasteiger partial charge in [-0.05, 0) is 12.5 Å². The van der Waals surface area contributed by atoms with E-state index in [1.807, 2.05) is 0 Å². The Morgan fingerprint density at radius 1 is 1.31 bits per heavy atom. The zero-order chi connectivity index (χ0) is 12.3. The van der Waals surface area contributed by atoms with Crippen LogP contribution in [0, 0.1) is 6.92 Å². The summed E-state index contributed by atoms with van der Waals surface area (Å²) in [5.41, 5.74) is 1.06. The third-order valence-corrected chi connectivity index (χ3v) is 3.36. The second-order valence-electron chi connectivity index (χ2n) is 3.17. The summed E-state index contributed by atoms with van der Waals surface area (Å²) in [5.74, 6) is -1.72. The van der Waals surface area contributed by atoms with Crippen molar-refractivity contribution >= 4 is 19.0 Å². The van der Waals surface area contributed by atoms with E-state index < -0.39 is 24.8 Å². The Morgan fingerprint density at radius 3 is 2.19 bits per heavy atom. The van der Waals surface area contributed by atoms with Crippen LogP contribution in [0.5, 0.6) is 0 Å². The standard InChI is InChI=1S/C8H11O6PS/c1-6-2-4-7(5-3-6)8(14-16(12)13)15(9,10)11/h2-5,8H,1H3,(H,12,13)(H2,9,10,11). The molecule has 0 fully saturated rings. The van der Waals surface area contributed by atoms with Crippen LogP contribution in [0.15, 0.2) is 24.3 Å². The Labute approximate surface area is 94.9 Å². The van der Waals surface area contributed by atoms with Crippen molar-refractivity contribution in [2.75, 3.05) is 0 Å². The van der Waals surface area contributed by atoms with Crippen molar-refractivity contribution in [2.24, 2.45) is 0 Å². The smallest absolute Gasteiger partial charge is 0.322 e. The Kier molecular flexibility index (Phi) is 4.37. The molecule has 0 radical (unpaired) electrons. The van der Waals surface area contributed by atoms with Crippen LogP contribution in [0.3, 0.4) is 0 Å². The van der Waals surface area contributed by atoms with E-state index in [2.05, 4.69) is 4.18 Å². The predicted octanol–water partition coefficient (Wildman–Crippen LogP) is 1.32. The molecular weight excluding hydrogens is 255 g/mol. The SMILES string of the molecule is Cc1ccc(C(OS(=O)O)P(=O)(O)O)cc1. The molecule has 0 saturated carbocycles. The van der Waals surface area contributed by atoms with Crippen LogP contribution in [0.1, 0.15) is 17.0 Å². The van der Waals surface area contributed by atoms with Gasteiger partial charge in [0.1, 0.15) is 0 Å². The molecule has 0 aliphatic carbocycles. The molecule has 0 spiro atoms. The summed E-state index contributed by atoms with van der Waals surface area (Å²) in [6, 6.07) is 6.13. The second-order valence-corrected chi connectivity index (χ2v) is 5.44. The number of hydrogen-bond acceptors (Lipinski definition) is 3. The number of hydrogen-bond donors (Lipinski definition) is 3. The minimum absolute atomic E-state index is 0.154. The summed E-state index contributed by atoms with van der Waals surface area (Å²) in [6.07, 6.45) is 0. The zero-order valence-electron chi connectivity index (χ0n) is 8.31. The third kappa shape index (κ3) is 3.79. The third-order valence-electron chi connectivity index (χ3n) is 1.84. The van der Waals surface area contributed by atoms with Gasteiger partial charge in [-0.15, -0.1) is 0 Å². The first-order valence-electron chi connectivity index (χ1n) is 4.20. The highest BCUT2D eigenvalue weighted by Crippen LogP contribution is 2.52. The van der Waals surface area contributed by atoms with Gasteiger partial charge in [-0.25, -0.2) is 4.18 Å². The first kappa shape index (κ1) is 13.5. The average Bonchev–Trinajstić information content (AvgIpc) is 2.14. The monoisotopic (exact) mass is 266 g/mol. The first-order chi connectivity index (χ1) is 7.30. The van der Waals surface area contributed by atoms with Crippen LogP contribution in [0.2, 0.25) is 0 Å². The van der Waals surface area contributed by atoms with Crippen molar-refractivity contribution in [3.05, 3.63) is 35.4 Å². The van der Waals surface area contributed by atoms with Gasteiger partial charge in [0.25, 0.3) is 0 Å². The fourth-order valence-electron chi connectivity index (χ4n) is 1.11. The molecule has 0 saturated heterocycles. The quantitative estimate of drug-likeness (QED) is 0.561. The molecule has 8 heteroatoms. The summed E-state index contributed by atoms with van der Waals surface area (Å²) in [5, 5.41) is 0. The number of benzene rings is 1. The molecular formula is C8H11O6PS. The molecule has 90 valence electrons.